The van der Waals surface area contributed by atoms with Crippen LogP contribution in [-0.2, 0) is 0 Å². The van der Waals surface area contributed by atoms with Crippen LogP contribution in [0.1, 0.15) is 12.6 Å². The molecule has 158 valence electrons. The molecule has 0 fully saturated rings. The fourth-order valence-electron chi connectivity index (χ4n) is 2.31. The van der Waals surface area contributed by atoms with E-state index >= 15 is 0 Å². The minimum Gasteiger partial charge on any atom is -0.429 e. The molecule has 1 aromatic carbocycles. The van der Waals surface area contributed by atoms with Crippen LogP contribution in [-0.4, -0.2) is 16.0 Å². The van der Waals surface area contributed by atoms with Crippen LogP contribution in [0.4, 0.5) is 9.80 Å². The van der Waals surface area contributed by atoms with Gasteiger partial charge in [0.1, 0.15) is 16.4 Å². The van der Waals surface area contributed by atoms with Crippen LogP contribution in [0.2, 0.25) is 5.02 Å². The minimum absolute atomic E-state index is 0.372. The van der Waals surface area contributed by atoms with Crippen LogP contribution >= 0.6 is 34.9 Å². The first-order valence-corrected chi connectivity index (χ1v) is 11.1. The van der Waals surface area contributed by atoms with Gasteiger partial charge in [-0.15, -0.1) is 0 Å². The van der Waals surface area contributed by atoms with Gasteiger partial charge in [-0.05, 0) is 55.3 Å². The topological polar surface area (TPSA) is 76.1 Å². The molecule has 9 heteroatoms. The first kappa shape index (κ1) is 22.6. The van der Waals surface area contributed by atoms with E-state index in [1.807, 2.05) is 37.3 Å². The monoisotopic (exact) mass is 470 g/mol. The SMILES string of the molecule is C=C/C(=C\C=C/C)c1nc(Oc2cccnc2)sc1NC(=O)NSc1ccc(Cl)cc1. The molecule has 2 heterocycles. The Morgan fingerprint density at radius 2 is 2.10 bits per heavy atom. The molecule has 0 spiro atoms. The van der Waals surface area contributed by atoms with Gasteiger partial charge < -0.3 is 4.74 Å². The van der Waals surface area contributed by atoms with Gasteiger partial charge in [0.25, 0.3) is 5.19 Å². The number of pyridine rings is 1. The molecule has 31 heavy (non-hydrogen) atoms. The molecule has 0 aliphatic heterocycles. The molecular weight excluding hydrogens is 452 g/mol. The first-order valence-electron chi connectivity index (χ1n) is 9.13. The summed E-state index contributed by atoms with van der Waals surface area (Å²) in [6.07, 6.45) is 10.6. The van der Waals surface area contributed by atoms with E-state index in [1.54, 1.807) is 42.7 Å². The Hall–Kier alpha value is -3.07. The van der Waals surface area contributed by atoms with Gasteiger partial charge in [-0.2, -0.15) is 0 Å². The Bertz CT molecular complexity index is 1100. The number of benzene rings is 1. The number of amides is 2. The van der Waals surface area contributed by atoms with E-state index in [-0.39, 0.29) is 0 Å². The lowest BCUT2D eigenvalue weighted by Gasteiger charge is -2.07. The van der Waals surface area contributed by atoms with Gasteiger partial charge in [0, 0.05) is 21.7 Å². The summed E-state index contributed by atoms with van der Waals surface area (Å²) in [4.78, 5) is 21.9. The van der Waals surface area contributed by atoms with Crippen LogP contribution in [0, 0.1) is 0 Å². The van der Waals surface area contributed by atoms with E-state index in [0.717, 1.165) is 10.5 Å². The summed E-state index contributed by atoms with van der Waals surface area (Å²) < 4.78 is 8.54. The Balaban J connectivity index is 1.79. The Morgan fingerprint density at radius 1 is 1.29 bits per heavy atom. The summed E-state index contributed by atoms with van der Waals surface area (Å²) in [7, 11) is 0. The minimum atomic E-state index is -0.396. The highest BCUT2D eigenvalue weighted by atomic mass is 35.5. The fraction of sp³-hybridized carbons (Fsp3) is 0.0455. The summed E-state index contributed by atoms with van der Waals surface area (Å²) in [6.45, 7) is 5.77. The number of ether oxygens (including phenoxy) is 1. The molecule has 0 radical (unpaired) electrons. The van der Waals surface area contributed by atoms with E-state index < -0.39 is 6.03 Å². The van der Waals surface area contributed by atoms with Crippen molar-refractivity contribution in [1.29, 1.82) is 0 Å². The molecule has 3 aromatic rings. The molecule has 6 nitrogen and oxygen atoms in total. The van der Waals surface area contributed by atoms with Crippen LogP contribution < -0.4 is 14.8 Å². The number of aromatic nitrogens is 2. The molecule has 0 unspecified atom stereocenters. The van der Waals surface area contributed by atoms with E-state index in [1.165, 1.54) is 23.3 Å². The number of allylic oxidation sites excluding steroid dienone is 5. The quantitative estimate of drug-likeness (QED) is 0.275. The van der Waals surface area contributed by atoms with Crippen molar-refractivity contribution in [3.8, 4) is 10.9 Å². The van der Waals surface area contributed by atoms with Crippen molar-refractivity contribution in [1.82, 2.24) is 14.7 Å². The third-order valence-corrected chi connectivity index (χ3v) is 5.61. The number of anilines is 1. The summed E-state index contributed by atoms with van der Waals surface area (Å²) in [6, 6.07) is 10.3. The maximum Gasteiger partial charge on any atom is 0.330 e. The number of hydrogen-bond donors (Lipinski definition) is 2. The predicted molar refractivity (Wildman–Crippen MR) is 129 cm³/mol. The van der Waals surface area contributed by atoms with E-state index in [0.29, 0.717) is 26.7 Å². The highest BCUT2D eigenvalue weighted by Crippen LogP contribution is 2.37. The molecule has 2 aromatic heterocycles. The number of halogens is 1. The van der Waals surface area contributed by atoms with Gasteiger partial charge in [-0.1, -0.05) is 53.8 Å². The van der Waals surface area contributed by atoms with E-state index in [2.05, 4.69) is 26.6 Å². The second-order valence-corrected chi connectivity index (χ2v) is 8.19. The number of hydrogen-bond acceptors (Lipinski definition) is 6. The lowest BCUT2D eigenvalue weighted by atomic mass is 10.2. The Labute approximate surface area is 193 Å². The second-order valence-electron chi connectivity index (χ2n) is 5.91. The number of urea groups is 1. The number of carbonyl (C=O) groups excluding carboxylic acids is 1. The smallest absolute Gasteiger partial charge is 0.330 e. The molecule has 0 saturated heterocycles. The zero-order chi connectivity index (χ0) is 22.1. The van der Waals surface area contributed by atoms with Crippen LogP contribution in [0.5, 0.6) is 10.9 Å². The standard InChI is InChI=1S/C22H19ClN4O2S2/c1-3-5-7-15(4-2)19-20(30-22(25-19)29-17-8-6-13-24-14-17)26-21(28)27-31-18-11-9-16(23)10-12-18/h3-14H,2H2,1H3,(H2,26,27,28)/b5-3-,15-7+. The molecule has 2 N–H and O–H groups in total. The molecule has 2 amide bonds. The van der Waals surface area contributed by atoms with E-state index in [9.17, 15) is 4.79 Å². The second kappa shape index (κ2) is 11.4. The van der Waals surface area contributed by atoms with Crippen molar-refractivity contribution in [3.63, 3.8) is 0 Å². The first-order chi connectivity index (χ1) is 15.1. The number of carbonyl (C=O) groups is 1. The van der Waals surface area contributed by atoms with Gasteiger partial charge >= 0.3 is 6.03 Å². The zero-order valence-corrected chi connectivity index (χ0v) is 18.9. The van der Waals surface area contributed by atoms with Crippen molar-refractivity contribution < 1.29 is 9.53 Å². The van der Waals surface area contributed by atoms with Crippen LogP contribution in [0.25, 0.3) is 5.57 Å². The molecule has 0 bridgehead atoms. The average Bonchev–Trinajstić information content (AvgIpc) is 3.16. The number of thiazole rings is 1. The van der Waals surface area contributed by atoms with Crippen LogP contribution in [0.15, 0.2) is 84.6 Å². The van der Waals surface area contributed by atoms with Crippen molar-refractivity contribution in [2.24, 2.45) is 0 Å². The number of nitrogens with zero attached hydrogens (tertiary/aromatic N) is 2. The Morgan fingerprint density at radius 3 is 2.77 bits per heavy atom. The summed E-state index contributed by atoms with van der Waals surface area (Å²) in [5.74, 6) is 0.551. The summed E-state index contributed by atoms with van der Waals surface area (Å²) in [5, 5.41) is 4.38. The molecule has 0 aliphatic rings. The van der Waals surface area contributed by atoms with Crippen molar-refractivity contribution in [2.45, 2.75) is 11.8 Å². The maximum atomic E-state index is 12.5. The highest BCUT2D eigenvalue weighted by molar-refractivity contribution is 7.98. The molecular formula is C22H19ClN4O2S2. The fourth-order valence-corrected chi connectivity index (χ4v) is 3.83. The van der Waals surface area contributed by atoms with Crippen molar-refractivity contribution in [2.75, 3.05) is 5.32 Å². The van der Waals surface area contributed by atoms with Gasteiger partial charge in [-0.3, -0.25) is 15.0 Å². The molecule has 0 saturated carbocycles. The summed E-state index contributed by atoms with van der Waals surface area (Å²) in [5.41, 5.74) is 1.31. The van der Waals surface area contributed by atoms with Crippen molar-refractivity contribution >= 4 is 51.5 Å². The average molecular weight is 471 g/mol. The predicted octanol–water partition coefficient (Wildman–Crippen LogP) is 6.96. The zero-order valence-electron chi connectivity index (χ0n) is 16.5. The molecule has 0 atom stereocenters. The third kappa shape index (κ3) is 6.71. The molecule has 0 aliphatic carbocycles. The Kier molecular flexibility index (Phi) is 8.28. The van der Waals surface area contributed by atoms with Crippen molar-refractivity contribution in [3.05, 3.63) is 90.4 Å². The molecule has 3 rings (SSSR count). The largest absolute Gasteiger partial charge is 0.429 e. The lowest BCUT2D eigenvalue weighted by molar-refractivity contribution is 0.257. The van der Waals surface area contributed by atoms with Gasteiger partial charge in [0.05, 0.1) is 6.20 Å². The van der Waals surface area contributed by atoms with Gasteiger partial charge in [0.15, 0.2) is 0 Å². The van der Waals surface area contributed by atoms with Gasteiger partial charge in [-0.25, -0.2) is 9.78 Å². The highest BCUT2D eigenvalue weighted by Gasteiger charge is 2.17. The lowest BCUT2D eigenvalue weighted by Crippen LogP contribution is -2.22. The normalized spacial score (nSPS) is 11.4. The maximum absolute atomic E-state index is 12.5. The summed E-state index contributed by atoms with van der Waals surface area (Å²) >= 11 is 8.28. The third-order valence-electron chi connectivity index (χ3n) is 3.71. The number of nitrogens with one attached hydrogen (secondary N) is 2. The van der Waals surface area contributed by atoms with E-state index in [4.69, 9.17) is 16.3 Å². The number of rotatable bonds is 8. The van der Waals surface area contributed by atoms with Crippen LogP contribution in [0.3, 0.4) is 0 Å². The van der Waals surface area contributed by atoms with Gasteiger partial charge in [0.2, 0.25) is 0 Å².